The highest BCUT2D eigenvalue weighted by Crippen LogP contribution is 2.13. The minimum atomic E-state index is 0.203. The number of hydrogen-bond acceptors (Lipinski definition) is 1. The Kier molecular flexibility index (Phi) is 3.02. The maximum Gasteiger partial charge on any atom is -0.00423 e. The van der Waals surface area contributed by atoms with Crippen molar-refractivity contribution < 1.29 is 0 Å². The van der Waals surface area contributed by atoms with Crippen LogP contribution in [0, 0.1) is 5.41 Å². The zero-order valence-corrected chi connectivity index (χ0v) is 5.94. The lowest BCUT2D eigenvalue weighted by Gasteiger charge is -2.29. The van der Waals surface area contributed by atoms with Gasteiger partial charge in [0.05, 0.1) is 0 Å². The van der Waals surface area contributed by atoms with Crippen molar-refractivity contribution in [1.82, 2.24) is 0 Å². The van der Waals surface area contributed by atoms with Gasteiger partial charge in [-0.2, -0.15) is 7.05 Å². The van der Waals surface area contributed by atoms with E-state index in [2.05, 4.69) is 19.2 Å². The summed E-state index contributed by atoms with van der Waals surface area (Å²) in [4.78, 5) is 0. The van der Waals surface area contributed by atoms with Crippen LogP contribution in [-0.2, 0) is 0 Å². The molecular formula is C6H15N2-. The highest BCUT2D eigenvalue weighted by atomic mass is 14.8. The fraction of sp³-hybridized carbons (Fsp3) is 1.00. The average Bonchev–Trinajstić information content (AvgIpc) is 1.67. The molecule has 0 fully saturated rings. The van der Waals surface area contributed by atoms with E-state index in [1.807, 2.05) is 7.05 Å². The van der Waals surface area contributed by atoms with E-state index in [1.165, 1.54) is 0 Å². The minimum absolute atomic E-state index is 0.203. The standard InChI is InChI=1S/C6H15N2/c1-6(2,4-7)5-8-3/h4-5,7H2,1-3H3/q-1. The molecule has 50 valence electrons. The van der Waals surface area contributed by atoms with Gasteiger partial charge in [-0.15, -0.1) is 6.54 Å². The highest BCUT2D eigenvalue weighted by molar-refractivity contribution is 4.83. The Morgan fingerprint density at radius 3 is 2.12 bits per heavy atom. The van der Waals surface area contributed by atoms with Crippen molar-refractivity contribution in [3.05, 3.63) is 5.32 Å². The molecule has 0 aromatic rings. The van der Waals surface area contributed by atoms with Gasteiger partial charge in [0.1, 0.15) is 0 Å². The first-order valence-corrected chi connectivity index (χ1v) is 2.88. The molecule has 0 aromatic carbocycles. The van der Waals surface area contributed by atoms with Crippen molar-refractivity contribution in [2.45, 2.75) is 13.8 Å². The Morgan fingerprint density at radius 2 is 2.00 bits per heavy atom. The first kappa shape index (κ1) is 7.92. The summed E-state index contributed by atoms with van der Waals surface area (Å²) < 4.78 is 0. The highest BCUT2D eigenvalue weighted by Gasteiger charge is 2.07. The van der Waals surface area contributed by atoms with E-state index in [0.29, 0.717) is 6.54 Å². The van der Waals surface area contributed by atoms with Gasteiger partial charge in [-0.05, 0) is 12.0 Å². The molecule has 0 aromatic heterocycles. The Morgan fingerprint density at radius 1 is 1.50 bits per heavy atom. The summed E-state index contributed by atoms with van der Waals surface area (Å²) in [5.41, 5.74) is 5.64. The summed E-state index contributed by atoms with van der Waals surface area (Å²) >= 11 is 0. The SMILES string of the molecule is C[N-]CC(C)(C)CN. The molecule has 0 atom stereocenters. The van der Waals surface area contributed by atoms with E-state index in [-0.39, 0.29) is 5.41 Å². The molecule has 0 amide bonds. The zero-order chi connectivity index (χ0) is 6.62. The summed E-state index contributed by atoms with van der Waals surface area (Å²) in [7, 11) is 1.82. The van der Waals surface area contributed by atoms with Crippen LogP contribution in [0.3, 0.4) is 0 Å². The van der Waals surface area contributed by atoms with Gasteiger partial charge < -0.3 is 11.1 Å². The fourth-order valence-corrected chi connectivity index (χ4v) is 0.493. The third-order valence-corrected chi connectivity index (χ3v) is 1.14. The van der Waals surface area contributed by atoms with Crippen LogP contribution < -0.4 is 5.73 Å². The van der Waals surface area contributed by atoms with E-state index < -0.39 is 0 Å². The second kappa shape index (κ2) is 3.05. The molecule has 0 aliphatic heterocycles. The molecule has 2 heteroatoms. The number of rotatable bonds is 3. The summed E-state index contributed by atoms with van der Waals surface area (Å²) in [6.45, 7) is 5.80. The van der Waals surface area contributed by atoms with Crippen LogP contribution in [0.2, 0.25) is 0 Å². The molecule has 0 saturated heterocycles. The second-order valence-electron chi connectivity index (χ2n) is 2.84. The Bertz CT molecular complexity index is 59.5. The molecule has 2 N–H and O–H groups in total. The lowest BCUT2D eigenvalue weighted by molar-refractivity contribution is 0.411. The van der Waals surface area contributed by atoms with Gasteiger partial charge in [0.15, 0.2) is 0 Å². The summed E-state index contributed by atoms with van der Waals surface area (Å²) in [5, 5.41) is 4.00. The molecule has 0 spiro atoms. The van der Waals surface area contributed by atoms with Crippen LogP contribution in [0.25, 0.3) is 5.32 Å². The molecule has 2 nitrogen and oxygen atoms in total. The van der Waals surface area contributed by atoms with E-state index in [4.69, 9.17) is 5.73 Å². The van der Waals surface area contributed by atoms with Crippen LogP contribution in [0.5, 0.6) is 0 Å². The quantitative estimate of drug-likeness (QED) is 0.585. The molecular weight excluding hydrogens is 100 g/mol. The Labute approximate surface area is 51.5 Å². The molecule has 8 heavy (non-hydrogen) atoms. The number of nitrogens with two attached hydrogens (primary N) is 1. The number of nitrogens with zero attached hydrogens (tertiary/aromatic N) is 1. The van der Waals surface area contributed by atoms with Crippen LogP contribution in [0.1, 0.15) is 13.8 Å². The van der Waals surface area contributed by atoms with E-state index in [9.17, 15) is 0 Å². The van der Waals surface area contributed by atoms with Crippen molar-refractivity contribution in [2.75, 3.05) is 20.1 Å². The van der Waals surface area contributed by atoms with E-state index >= 15 is 0 Å². The smallest absolute Gasteiger partial charge is 0.00423 e. The summed E-state index contributed by atoms with van der Waals surface area (Å²) in [6.07, 6.45) is 0. The predicted octanol–water partition coefficient (Wildman–Crippen LogP) is 0.975. The van der Waals surface area contributed by atoms with Crippen molar-refractivity contribution in [3.63, 3.8) is 0 Å². The Hall–Kier alpha value is -0.0800. The van der Waals surface area contributed by atoms with E-state index in [0.717, 1.165) is 6.54 Å². The van der Waals surface area contributed by atoms with E-state index in [1.54, 1.807) is 0 Å². The maximum absolute atomic E-state index is 5.43. The van der Waals surface area contributed by atoms with Crippen molar-refractivity contribution in [1.29, 1.82) is 0 Å². The first-order valence-electron chi connectivity index (χ1n) is 2.88. The van der Waals surface area contributed by atoms with Crippen LogP contribution in [-0.4, -0.2) is 20.1 Å². The lowest BCUT2D eigenvalue weighted by Crippen LogP contribution is -2.26. The average molecular weight is 115 g/mol. The van der Waals surface area contributed by atoms with Gasteiger partial charge in [0, 0.05) is 0 Å². The largest absolute Gasteiger partial charge is 0.665 e. The van der Waals surface area contributed by atoms with Crippen molar-refractivity contribution >= 4 is 0 Å². The normalized spacial score (nSPS) is 12.0. The zero-order valence-electron chi connectivity index (χ0n) is 5.94. The van der Waals surface area contributed by atoms with Gasteiger partial charge in [0.25, 0.3) is 0 Å². The van der Waals surface area contributed by atoms with Gasteiger partial charge in [-0.25, -0.2) is 0 Å². The molecule has 0 aliphatic rings. The van der Waals surface area contributed by atoms with Gasteiger partial charge in [-0.3, -0.25) is 0 Å². The molecule has 0 rings (SSSR count). The molecule has 0 radical (unpaired) electrons. The monoisotopic (exact) mass is 115 g/mol. The lowest BCUT2D eigenvalue weighted by atomic mass is 9.94. The van der Waals surface area contributed by atoms with Crippen LogP contribution in [0.15, 0.2) is 0 Å². The van der Waals surface area contributed by atoms with Gasteiger partial charge >= 0.3 is 0 Å². The predicted molar refractivity (Wildman–Crippen MR) is 37.0 cm³/mol. The molecule has 0 heterocycles. The molecule has 0 aliphatic carbocycles. The third-order valence-electron chi connectivity index (χ3n) is 1.14. The van der Waals surface area contributed by atoms with Crippen molar-refractivity contribution in [2.24, 2.45) is 11.1 Å². The van der Waals surface area contributed by atoms with Gasteiger partial charge in [-0.1, -0.05) is 13.8 Å². The topological polar surface area (TPSA) is 40.1 Å². The molecule has 0 saturated carbocycles. The van der Waals surface area contributed by atoms with Crippen LogP contribution in [0.4, 0.5) is 0 Å². The Balaban J connectivity index is 3.37. The fourth-order valence-electron chi connectivity index (χ4n) is 0.493. The molecule has 0 unspecified atom stereocenters. The third kappa shape index (κ3) is 2.99. The minimum Gasteiger partial charge on any atom is -0.665 e. The summed E-state index contributed by atoms with van der Waals surface area (Å²) in [5.74, 6) is 0. The van der Waals surface area contributed by atoms with Crippen LogP contribution >= 0.6 is 0 Å². The van der Waals surface area contributed by atoms with Gasteiger partial charge in [0.2, 0.25) is 0 Å². The number of hydrogen-bond donors (Lipinski definition) is 1. The first-order chi connectivity index (χ1) is 3.62. The summed E-state index contributed by atoms with van der Waals surface area (Å²) in [6, 6.07) is 0. The molecule has 0 bridgehead atoms. The maximum atomic E-state index is 5.43. The second-order valence-corrected chi connectivity index (χ2v) is 2.84. The van der Waals surface area contributed by atoms with Crippen molar-refractivity contribution in [3.8, 4) is 0 Å².